The fourth-order valence-electron chi connectivity index (χ4n) is 1.52. The van der Waals surface area contributed by atoms with Crippen molar-refractivity contribution in [2.75, 3.05) is 59.8 Å². The monoisotopic (exact) mass is 359 g/mol. The van der Waals surface area contributed by atoms with E-state index in [1.165, 1.54) is 0 Å². The molecule has 22 heavy (non-hydrogen) atoms. The Morgan fingerprint density at radius 2 is 1.09 bits per heavy atom. The highest BCUT2D eigenvalue weighted by Gasteiger charge is 2.04. The third kappa shape index (κ3) is 28.3. The summed E-state index contributed by atoms with van der Waals surface area (Å²) in [6.45, 7) is 1.52. The van der Waals surface area contributed by atoms with Gasteiger partial charge in [-0.25, -0.2) is 0 Å². The molecule has 0 saturated heterocycles. The van der Waals surface area contributed by atoms with Crippen molar-refractivity contribution < 1.29 is 26.7 Å². The summed E-state index contributed by atoms with van der Waals surface area (Å²) in [4.78, 5) is 0. The maximum absolute atomic E-state index is 10.9. The zero-order chi connectivity index (χ0) is 17.8. The van der Waals surface area contributed by atoms with Gasteiger partial charge in [0.1, 0.15) is 0 Å². The van der Waals surface area contributed by atoms with E-state index in [4.69, 9.17) is 0 Å². The summed E-state index contributed by atoms with van der Waals surface area (Å²) in [5, 5.41) is 10.9. The number of rotatable bonds is 10. The first-order valence-corrected chi connectivity index (χ1v) is 9.78. The Bertz CT molecular complexity index is 295. The Hall–Kier alpha value is 0.1000. The van der Waals surface area contributed by atoms with Crippen molar-refractivity contribution in [3.8, 4) is 0 Å². The standard InChI is InChI=1S/C7H17NO2S.C6H15NO3S/c1-8(2,3)6-4-5-7-11(9)10;1-7(2,8)5-3-4-6-11(9)10/h4-7H2,1-3H3;3-6H2,1-2H3,(H,9,10)/p-1. The van der Waals surface area contributed by atoms with Crippen LogP contribution in [-0.2, 0) is 22.2 Å². The average Bonchev–Trinajstić information content (AvgIpc) is 2.28. The van der Waals surface area contributed by atoms with Crippen molar-refractivity contribution in [3.05, 3.63) is 5.21 Å². The zero-order valence-corrected chi connectivity index (χ0v) is 16.0. The quantitative estimate of drug-likeness (QED) is 0.245. The largest absolute Gasteiger partial charge is 0.772 e. The molecule has 0 aliphatic rings. The second-order valence-corrected chi connectivity index (χ2v) is 8.77. The molecule has 9 heteroatoms. The first kappa shape index (κ1) is 24.4. The smallest absolute Gasteiger partial charge is 0.0780 e. The lowest BCUT2D eigenvalue weighted by Gasteiger charge is -2.33. The summed E-state index contributed by atoms with van der Waals surface area (Å²) in [6, 6.07) is 0. The van der Waals surface area contributed by atoms with Crippen LogP contribution >= 0.6 is 0 Å². The van der Waals surface area contributed by atoms with Gasteiger partial charge in [0.15, 0.2) is 0 Å². The molecular weight excluding hydrogens is 328 g/mol. The van der Waals surface area contributed by atoms with E-state index in [1.807, 2.05) is 0 Å². The number of quaternary nitrogens is 2. The summed E-state index contributed by atoms with van der Waals surface area (Å²) < 4.78 is 40.9. The summed E-state index contributed by atoms with van der Waals surface area (Å²) >= 11 is -3.80. The zero-order valence-electron chi connectivity index (χ0n) is 14.4. The van der Waals surface area contributed by atoms with E-state index in [9.17, 15) is 22.7 Å². The Morgan fingerprint density at radius 3 is 1.36 bits per heavy atom. The van der Waals surface area contributed by atoms with Crippen LogP contribution in [0, 0.1) is 5.21 Å². The molecule has 0 rings (SSSR count). The van der Waals surface area contributed by atoms with Gasteiger partial charge in [-0.15, -0.1) is 0 Å². The van der Waals surface area contributed by atoms with Crippen molar-refractivity contribution in [3.63, 3.8) is 0 Å². The Kier molecular flexibility index (Phi) is 13.9. The van der Waals surface area contributed by atoms with Crippen LogP contribution in [0.15, 0.2) is 0 Å². The molecule has 7 nitrogen and oxygen atoms in total. The highest BCUT2D eigenvalue weighted by atomic mass is 32.2. The first-order chi connectivity index (χ1) is 9.83. The van der Waals surface area contributed by atoms with Crippen LogP contribution in [0.3, 0.4) is 0 Å². The van der Waals surface area contributed by atoms with Crippen molar-refractivity contribution >= 4 is 22.2 Å². The lowest BCUT2D eigenvalue weighted by molar-refractivity contribution is -0.870. The van der Waals surface area contributed by atoms with Gasteiger partial charge in [0.05, 0.1) is 48.3 Å². The molecule has 0 aliphatic heterocycles. The maximum Gasteiger partial charge on any atom is 0.0780 e. The van der Waals surface area contributed by atoms with Crippen LogP contribution in [0.2, 0.25) is 0 Å². The van der Waals surface area contributed by atoms with E-state index >= 15 is 0 Å². The van der Waals surface area contributed by atoms with Crippen LogP contribution in [0.25, 0.3) is 0 Å². The van der Waals surface area contributed by atoms with Gasteiger partial charge >= 0.3 is 0 Å². The Morgan fingerprint density at radius 1 is 0.727 bits per heavy atom. The van der Waals surface area contributed by atoms with Crippen molar-refractivity contribution in [1.29, 1.82) is 0 Å². The van der Waals surface area contributed by atoms with Gasteiger partial charge in [-0.05, 0) is 25.7 Å². The highest BCUT2D eigenvalue weighted by molar-refractivity contribution is 7.79. The summed E-state index contributed by atoms with van der Waals surface area (Å²) in [5.74, 6) is 0.472. The van der Waals surface area contributed by atoms with Gasteiger partial charge < -0.3 is 23.4 Å². The molecule has 0 bridgehead atoms. The Balaban J connectivity index is 0. The molecule has 0 aromatic rings. The second-order valence-electron chi connectivity index (χ2n) is 6.74. The molecule has 0 saturated carbocycles. The molecule has 0 aromatic heterocycles. The minimum absolute atomic E-state index is 0.167. The molecule has 0 fully saturated rings. The molecule has 136 valence electrons. The summed E-state index contributed by atoms with van der Waals surface area (Å²) in [6.07, 6.45) is 3.02. The predicted octanol–water partition coefficient (Wildman–Crippen LogP) is 0.572. The first-order valence-electron chi connectivity index (χ1n) is 7.30. The SMILES string of the molecule is C[N+](C)(C)CCCCS(=O)[O-].C[N+](C)([O-])CCCCS(=O)[O-]. The highest BCUT2D eigenvalue weighted by Crippen LogP contribution is 1.99. The summed E-state index contributed by atoms with van der Waals surface area (Å²) in [7, 11) is 9.42. The number of hydrogen-bond donors (Lipinski definition) is 0. The van der Waals surface area contributed by atoms with Crippen molar-refractivity contribution in [2.45, 2.75) is 25.7 Å². The number of nitrogens with zero attached hydrogens (tertiary/aromatic N) is 2. The minimum atomic E-state index is -1.95. The average molecular weight is 360 g/mol. The number of hydroxylamine groups is 3. The van der Waals surface area contributed by atoms with Crippen LogP contribution in [0.5, 0.6) is 0 Å². The molecule has 2 unspecified atom stereocenters. The van der Waals surface area contributed by atoms with Crippen LogP contribution < -0.4 is 0 Å². The van der Waals surface area contributed by atoms with Gasteiger partial charge in [0.2, 0.25) is 0 Å². The van der Waals surface area contributed by atoms with Gasteiger partial charge in [0.25, 0.3) is 0 Å². The van der Waals surface area contributed by atoms with E-state index in [1.54, 1.807) is 14.1 Å². The summed E-state index contributed by atoms with van der Waals surface area (Å²) in [5.41, 5.74) is 0. The van der Waals surface area contributed by atoms with Crippen LogP contribution in [-0.4, -0.2) is 86.5 Å². The van der Waals surface area contributed by atoms with Gasteiger partial charge in [0, 0.05) is 11.5 Å². The second kappa shape index (κ2) is 12.5. The fraction of sp³-hybridized carbons (Fsp3) is 1.00. The van der Waals surface area contributed by atoms with Crippen molar-refractivity contribution in [2.24, 2.45) is 0 Å². The molecule has 0 amide bonds. The maximum atomic E-state index is 10.9. The minimum Gasteiger partial charge on any atom is -0.772 e. The molecular formula is C13H31N2O5S2-. The molecule has 0 radical (unpaired) electrons. The molecule has 0 aromatic carbocycles. The fourth-order valence-corrected chi connectivity index (χ4v) is 2.40. The van der Waals surface area contributed by atoms with Crippen LogP contribution in [0.4, 0.5) is 0 Å². The van der Waals surface area contributed by atoms with Gasteiger partial charge in [-0.2, -0.15) is 0 Å². The van der Waals surface area contributed by atoms with Gasteiger partial charge in [-0.1, -0.05) is 22.2 Å². The third-order valence-electron chi connectivity index (χ3n) is 2.65. The molecule has 0 spiro atoms. The lowest BCUT2D eigenvalue weighted by atomic mass is 10.3. The van der Waals surface area contributed by atoms with E-state index in [-0.39, 0.29) is 10.4 Å². The van der Waals surface area contributed by atoms with E-state index < -0.39 is 22.2 Å². The Labute approximate surface area is 140 Å². The van der Waals surface area contributed by atoms with E-state index in [0.29, 0.717) is 25.1 Å². The molecule has 0 N–H and O–H groups in total. The predicted molar refractivity (Wildman–Crippen MR) is 89.3 cm³/mol. The molecule has 0 aliphatic carbocycles. The molecule has 2 atom stereocenters. The van der Waals surface area contributed by atoms with E-state index in [0.717, 1.165) is 23.9 Å². The molecule has 0 heterocycles. The van der Waals surface area contributed by atoms with Crippen LogP contribution in [0.1, 0.15) is 25.7 Å². The third-order valence-corrected chi connectivity index (χ3v) is 3.89. The van der Waals surface area contributed by atoms with Crippen molar-refractivity contribution in [1.82, 2.24) is 0 Å². The lowest BCUT2D eigenvalue weighted by Crippen LogP contribution is -2.35. The number of hydrogen-bond acceptors (Lipinski definition) is 5. The normalized spacial score (nSPS) is 14.9. The van der Waals surface area contributed by atoms with Gasteiger partial charge in [-0.3, -0.25) is 8.42 Å². The van der Waals surface area contributed by atoms with E-state index in [2.05, 4.69) is 21.1 Å². The number of unbranched alkanes of at least 4 members (excludes halogenated alkanes) is 2. The topological polar surface area (TPSA) is 103 Å².